The predicted molar refractivity (Wildman–Crippen MR) is 107 cm³/mol. The van der Waals surface area contributed by atoms with Gasteiger partial charge < -0.3 is 81.7 Å². The Morgan fingerprint density at radius 2 is 0.941 bits per heavy atom. The van der Waals surface area contributed by atoms with E-state index in [4.69, 9.17) is 40.9 Å². The van der Waals surface area contributed by atoms with Gasteiger partial charge in [0.15, 0.2) is 18.9 Å². The Morgan fingerprint density at radius 3 is 1.44 bits per heavy atom. The molecule has 0 radical (unpaired) electrons. The molecule has 14 N–H and O–H groups in total. The lowest BCUT2D eigenvalue weighted by Gasteiger charge is -2.48. The molecule has 3 rings (SSSR count). The van der Waals surface area contributed by atoms with Crippen molar-refractivity contribution in [3.05, 3.63) is 0 Å². The van der Waals surface area contributed by atoms with E-state index < -0.39 is 112 Å². The van der Waals surface area contributed by atoms with Crippen LogP contribution in [0.2, 0.25) is 0 Å². The van der Waals surface area contributed by atoms with E-state index in [9.17, 15) is 40.9 Å². The summed E-state index contributed by atoms with van der Waals surface area (Å²) in [7, 11) is 0. The average Bonchev–Trinajstić information content (AvgIpc) is 2.83. The van der Waals surface area contributed by atoms with E-state index in [1.165, 1.54) is 0 Å². The summed E-state index contributed by atoms with van der Waals surface area (Å²) < 4.78 is 27.4. The van der Waals surface area contributed by atoms with E-state index >= 15 is 0 Å². The third-order valence-electron chi connectivity index (χ3n) is 6.33. The number of hydrogen-bond donors (Lipinski definition) is 11. The molecule has 0 aliphatic carbocycles. The molecule has 3 saturated heterocycles. The van der Waals surface area contributed by atoms with Gasteiger partial charge in [-0.2, -0.15) is 0 Å². The molecule has 3 aliphatic rings. The zero-order chi connectivity index (χ0) is 25.3. The minimum atomic E-state index is -1.56. The SMILES string of the molecule is N[C@H]1[C@@H](OC2C(CO)OC(OC3C(CO)O[C@H](O)[C@H](N)[C@H]3O)[C@@H](N)[C@H]2O)OC(CO)C(O)[C@@H]1O. The maximum Gasteiger partial charge on any atom is 0.176 e. The van der Waals surface area contributed by atoms with Crippen molar-refractivity contribution in [3.63, 3.8) is 0 Å². The number of hydrogen-bond acceptors (Lipinski definition) is 16. The van der Waals surface area contributed by atoms with Crippen molar-refractivity contribution in [2.45, 2.75) is 91.9 Å². The van der Waals surface area contributed by atoms with E-state index in [-0.39, 0.29) is 0 Å². The number of rotatable bonds is 7. The molecule has 200 valence electrons. The second-order valence-corrected chi connectivity index (χ2v) is 8.59. The van der Waals surface area contributed by atoms with Crippen LogP contribution in [0.1, 0.15) is 0 Å². The highest BCUT2D eigenvalue weighted by Crippen LogP contribution is 2.30. The van der Waals surface area contributed by atoms with Gasteiger partial charge in [-0.15, -0.1) is 0 Å². The molecule has 0 spiro atoms. The Morgan fingerprint density at radius 1 is 0.529 bits per heavy atom. The van der Waals surface area contributed by atoms with Crippen molar-refractivity contribution in [1.82, 2.24) is 0 Å². The second-order valence-electron chi connectivity index (χ2n) is 8.59. The first-order valence-corrected chi connectivity index (χ1v) is 10.8. The Hall–Kier alpha value is -0.640. The van der Waals surface area contributed by atoms with Crippen LogP contribution in [0.5, 0.6) is 0 Å². The van der Waals surface area contributed by atoms with Gasteiger partial charge in [0.2, 0.25) is 0 Å². The molecule has 15 atom stereocenters. The van der Waals surface area contributed by atoms with E-state index in [1.54, 1.807) is 0 Å². The van der Waals surface area contributed by atoms with Gasteiger partial charge in [0.1, 0.15) is 54.9 Å². The lowest BCUT2D eigenvalue weighted by atomic mass is 9.94. The molecule has 34 heavy (non-hydrogen) atoms. The molecule has 3 fully saturated rings. The summed E-state index contributed by atoms with van der Waals surface area (Å²) in [6.07, 6.45) is -16.8. The highest BCUT2D eigenvalue weighted by atomic mass is 16.7. The van der Waals surface area contributed by atoms with Crippen LogP contribution in [0.15, 0.2) is 0 Å². The Kier molecular flexibility index (Phi) is 9.54. The molecular weight excluding hydrogens is 466 g/mol. The molecular formula is C18H35N3O13. The first kappa shape index (κ1) is 27.9. The predicted octanol–water partition coefficient (Wildman–Crippen LogP) is -7.67. The highest BCUT2D eigenvalue weighted by Gasteiger charge is 2.52. The van der Waals surface area contributed by atoms with E-state index in [1.807, 2.05) is 0 Å². The topological polar surface area (TPSA) is 286 Å². The molecule has 0 aromatic rings. The number of ether oxygens (including phenoxy) is 5. The number of aliphatic hydroxyl groups is 8. The van der Waals surface area contributed by atoms with Crippen LogP contribution in [0.25, 0.3) is 0 Å². The first-order chi connectivity index (χ1) is 16.0. The average molecular weight is 501 g/mol. The molecule has 3 heterocycles. The standard InChI is InChI=1S/C18H35N3O13/c19-7-12(27)14(5(2-23)30-16(7)29)33-18-9(21)13(28)15(6(3-24)32-18)34-17-8(20)11(26)10(25)4(1-22)31-17/h4-18,22-29H,1-3,19-21H2/t4?,5?,6?,7-,8-,9+,10?,11-,12-,13-,14?,15?,16+,17-,18?/m1/s1. The Bertz CT molecular complexity index is 646. The van der Waals surface area contributed by atoms with Gasteiger partial charge in [0.05, 0.1) is 37.9 Å². The lowest BCUT2D eigenvalue weighted by molar-refractivity contribution is -0.348. The fourth-order valence-corrected chi connectivity index (χ4v) is 4.18. The van der Waals surface area contributed by atoms with Crippen LogP contribution in [0.3, 0.4) is 0 Å². The quantitative estimate of drug-likeness (QED) is 0.154. The molecule has 7 unspecified atom stereocenters. The van der Waals surface area contributed by atoms with Crippen LogP contribution in [-0.2, 0) is 23.7 Å². The molecule has 0 aromatic heterocycles. The van der Waals surface area contributed by atoms with Crippen molar-refractivity contribution in [2.75, 3.05) is 19.8 Å². The maximum atomic E-state index is 10.8. The van der Waals surface area contributed by atoms with Gasteiger partial charge in [-0.05, 0) is 0 Å². The van der Waals surface area contributed by atoms with Crippen molar-refractivity contribution >= 4 is 0 Å². The number of aliphatic hydroxyl groups excluding tert-OH is 8. The van der Waals surface area contributed by atoms with Crippen LogP contribution in [0, 0.1) is 0 Å². The lowest BCUT2D eigenvalue weighted by Crippen LogP contribution is -2.69. The van der Waals surface area contributed by atoms with Gasteiger partial charge >= 0.3 is 0 Å². The summed E-state index contributed by atoms with van der Waals surface area (Å²) >= 11 is 0. The van der Waals surface area contributed by atoms with Crippen molar-refractivity contribution in [2.24, 2.45) is 17.2 Å². The summed E-state index contributed by atoms with van der Waals surface area (Å²) in [5.74, 6) is 0. The smallest absolute Gasteiger partial charge is 0.176 e. The zero-order valence-electron chi connectivity index (χ0n) is 18.1. The van der Waals surface area contributed by atoms with Gasteiger partial charge in [-0.1, -0.05) is 0 Å². The molecule has 0 aromatic carbocycles. The molecule has 0 amide bonds. The van der Waals surface area contributed by atoms with Crippen molar-refractivity contribution in [1.29, 1.82) is 0 Å². The highest BCUT2D eigenvalue weighted by molar-refractivity contribution is 4.98. The normalized spacial score (nSPS) is 52.5. The van der Waals surface area contributed by atoms with Crippen molar-refractivity contribution < 1.29 is 64.5 Å². The second kappa shape index (κ2) is 11.6. The molecule has 0 bridgehead atoms. The Balaban J connectivity index is 1.72. The largest absolute Gasteiger partial charge is 0.394 e. The van der Waals surface area contributed by atoms with E-state index in [2.05, 4.69) is 0 Å². The monoisotopic (exact) mass is 501 g/mol. The Labute approximate surface area is 194 Å². The van der Waals surface area contributed by atoms with Gasteiger partial charge in [-0.3, -0.25) is 0 Å². The molecule has 0 saturated carbocycles. The van der Waals surface area contributed by atoms with Gasteiger partial charge in [0.25, 0.3) is 0 Å². The zero-order valence-corrected chi connectivity index (χ0v) is 18.1. The fourth-order valence-electron chi connectivity index (χ4n) is 4.18. The number of nitrogens with two attached hydrogens (primary N) is 3. The van der Waals surface area contributed by atoms with Crippen LogP contribution in [-0.4, -0.2) is 153 Å². The molecule has 3 aliphatic heterocycles. The molecule has 16 nitrogen and oxygen atoms in total. The third-order valence-corrected chi connectivity index (χ3v) is 6.33. The molecule has 16 heteroatoms. The summed E-state index contributed by atoms with van der Waals surface area (Å²) in [6, 6.07) is -3.87. The van der Waals surface area contributed by atoms with Gasteiger partial charge in [0, 0.05) is 0 Å². The minimum Gasteiger partial charge on any atom is -0.394 e. The minimum absolute atomic E-state index is 0.651. The summed E-state index contributed by atoms with van der Waals surface area (Å²) in [5, 5.41) is 79.6. The maximum absolute atomic E-state index is 10.8. The van der Waals surface area contributed by atoms with E-state index in [0.717, 1.165) is 0 Å². The van der Waals surface area contributed by atoms with Crippen LogP contribution in [0.4, 0.5) is 0 Å². The summed E-state index contributed by atoms with van der Waals surface area (Å²) in [4.78, 5) is 0. The summed E-state index contributed by atoms with van der Waals surface area (Å²) in [5.41, 5.74) is 17.6. The van der Waals surface area contributed by atoms with Gasteiger partial charge in [-0.25, -0.2) is 0 Å². The van der Waals surface area contributed by atoms with Crippen LogP contribution >= 0.6 is 0 Å². The first-order valence-electron chi connectivity index (χ1n) is 10.8. The fraction of sp³-hybridized carbons (Fsp3) is 1.00. The van der Waals surface area contributed by atoms with Crippen LogP contribution < -0.4 is 17.2 Å². The third kappa shape index (κ3) is 5.37. The summed E-state index contributed by atoms with van der Waals surface area (Å²) in [6.45, 7) is -2.00. The van der Waals surface area contributed by atoms with E-state index in [0.29, 0.717) is 0 Å². The van der Waals surface area contributed by atoms with Crippen molar-refractivity contribution in [3.8, 4) is 0 Å².